The number of thiocarbonyl (C=S) groups is 1. The normalized spacial score (nSPS) is 12.0. The lowest BCUT2D eigenvalue weighted by Crippen LogP contribution is -2.40. The molecule has 0 saturated carbocycles. The second-order valence-corrected chi connectivity index (χ2v) is 5.89. The number of hydrogen-bond donors (Lipinski definition) is 2. The van der Waals surface area contributed by atoms with Crippen LogP contribution in [-0.2, 0) is 0 Å². The zero-order valence-electron chi connectivity index (χ0n) is 12.8. The SMILES string of the molecule is CC(C)NC(=S)N[C@@H](C)c1ccc(-c2ccccc2)cc1. The van der Waals surface area contributed by atoms with Gasteiger partial charge in [0.25, 0.3) is 0 Å². The van der Waals surface area contributed by atoms with Crippen LogP contribution in [0.1, 0.15) is 32.4 Å². The predicted octanol–water partition coefficient (Wildman–Crippen LogP) is 4.29. The Balaban J connectivity index is 2.03. The molecule has 0 aromatic heterocycles. The molecular formula is C18H22N2S. The molecule has 0 bridgehead atoms. The molecule has 0 amide bonds. The molecule has 2 aromatic rings. The van der Waals surface area contributed by atoms with Crippen LogP contribution in [0.4, 0.5) is 0 Å². The summed E-state index contributed by atoms with van der Waals surface area (Å²) in [6, 6.07) is 19.5. The molecule has 0 radical (unpaired) electrons. The summed E-state index contributed by atoms with van der Waals surface area (Å²) in [6.07, 6.45) is 0. The standard InChI is InChI=1S/C18H22N2S/c1-13(2)19-18(21)20-14(3)15-9-11-17(12-10-15)16-7-5-4-6-8-16/h4-14H,1-3H3,(H2,19,20,21)/t14-/m0/s1. The molecule has 0 fully saturated rings. The average molecular weight is 298 g/mol. The largest absolute Gasteiger partial charge is 0.361 e. The first-order chi connectivity index (χ1) is 10.1. The molecule has 21 heavy (non-hydrogen) atoms. The van der Waals surface area contributed by atoms with Gasteiger partial charge in [-0.15, -0.1) is 0 Å². The highest BCUT2D eigenvalue weighted by Gasteiger charge is 2.07. The quantitative estimate of drug-likeness (QED) is 0.824. The van der Waals surface area contributed by atoms with Gasteiger partial charge in [0.15, 0.2) is 5.11 Å². The van der Waals surface area contributed by atoms with Crippen LogP contribution in [0.2, 0.25) is 0 Å². The summed E-state index contributed by atoms with van der Waals surface area (Å²) in [4.78, 5) is 0. The highest BCUT2D eigenvalue weighted by atomic mass is 32.1. The highest BCUT2D eigenvalue weighted by molar-refractivity contribution is 7.80. The molecule has 0 unspecified atom stereocenters. The van der Waals surface area contributed by atoms with Crippen molar-refractivity contribution in [1.29, 1.82) is 0 Å². The first-order valence-electron chi connectivity index (χ1n) is 7.28. The molecule has 110 valence electrons. The zero-order chi connectivity index (χ0) is 15.2. The van der Waals surface area contributed by atoms with E-state index in [1.54, 1.807) is 0 Å². The van der Waals surface area contributed by atoms with Crippen molar-refractivity contribution in [3.8, 4) is 11.1 Å². The number of hydrogen-bond acceptors (Lipinski definition) is 1. The minimum atomic E-state index is 0.188. The molecule has 0 spiro atoms. The van der Waals surface area contributed by atoms with Crippen molar-refractivity contribution < 1.29 is 0 Å². The van der Waals surface area contributed by atoms with Crippen LogP contribution in [0.15, 0.2) is 54.6 Å². The Labute approximate surface area is 132 Å². The third kappa shape index (κ3) is 4.57. The minimum Gasteiger partial charge on any atom is -0.361 e. The lowest BCUT2D eigenvalue weighted by atomic mass is 10.0. The first kappa shape index (κ1) is 15.5. The van der Waals surface area contributed by atoms with Gasteiger partial charge >= 0.3 is 0 Å². The van der Waals surface area contributed by atoms with Gasteiger partial charge in [-0.25, -0.2) is 0 Å². The molecule has 0 aliphatic rings. The molecule has 0 aliphatic heterocycles. The third-order valence-electron chi connectivity index (χ3n) is 3.29. The lowest BCUT2D eigenvalue weighted by molar-refractivity contribution is 0.664. The smallest absolute Gasteiger partial charge is 0.166 e. The Morgan fingerprint density at radius 1 is 0.810 bits per heavy atom. The van der Waals surface area contributed by atoms with Crippen LogP contribution in [-0.4, -0.2) is 11.2 Å². The first-order valence-corrected chi connectivity index (χ1v) is 7.69. The lowest BCUT2D eigenvalue weighted by Gasteiger charge is -2.19. The van der Waals surface area contributed by atoms with Gasteiger partial charge < -0.3 is 10.6 Å². The third-order valence-corrected chi connectivity index (χ3v) is 3.52. The van der Waals surface area contributed by atoms with E-state index in [2.05, 4.69) is 79.9 Å². The van der Waals surface area contributed by atoms with Crippen molar-refractivity contribution >= 4 is 17.3 Å². The van der Waals surface area contributed by atoms with Crippen LogP contribution in [0.5, 0.6) is 0 Å². The maximum Gasteiger partial charge on any atom is 0.166 e. The average Bonchev–Trinajstić information content (AvgIpc) is 2.47. The van der Waals surface area contributed by atoms with E-state index in [1.807, 2.05) is 6.07 Å². The summed E-state index contributed by atoms with van der Waals surface area (Å²) in [5, 5.41) is 7.21. The van der Waals surface area contributed by atoms with Crippen molar-refractivity contribution in [2.24, 2.45) is 0 Å². The van der Waals surface area contributed by atoms with E-state index in [1.165, 1.54) is 16.7 Å². The summed E-state index contributed by atoms with van der Waals surface area (Å²) >= 11 is 5.29. The van der Waals surface area contributed by atoms with Gasteiger partial charge in [0, 0.05) is 6.04 Å². The van der Waals surface area contributed by atoms with E-state index in [0.717, 1.165) is 0 Å². The molecule has 2 N–H and O–H groups in total. The van der Waals surface area contributed by atoms with Gasteiger partial charge in [-0.3, -0.25) is 0 Å². The second kappa shape index (κ2) is 7.23. The summed E-state index contributed by atoms with van der Waals surface area (Å²) in [6.45, 7) is 6.27. The van der Waals surface area contributed by atoms with E-state index >= 15 is 0 Å². The Bertz CT molecular complexity index is 576. The molecule has 0 saturated heterocycles. The Kier molecular flexibility index (Phi) is 5.34. The summed E-state index contributed by atoms with van der Waals surface area (Å²) in [7, 11) is 0. The minimum absolute atomic E-state index is 0.188. The van der Waals surface area contributed by atoms with Gasteiger partial charge in [0.2, 0.25) is 0 Å². The maximum atomic E-state index is 5.29. The van der Waals surface area contributed by atoms with Crippen molar-refractivity contribution in [2.45, 2.75) is 32.9 Å². The van der Waals surface area contributed by atoms with Gasteiger partial charge in [-0.05, 0) is 49.7 Å². The fraction of sp³-hybridized carbons (Fsp3) is 0.278. The van der Waals surface area contributed by atoms with Crippen LogP contribution in [0.25, 0.3) is 11.1 Å². The van der Waals surface area contributed by atoms with E-state index < -0.39 is 0 Å². The van der Waals surface area contributed by atoms with Crippen LogP contribution >= 0.6 is 12.2 Å². The number of benzene rings is 2. The molecule has 2 aromatic carbocycles. The van der Waals surface area contributed by atoms with Gasteiger partial charge in [0.05, 0.1) is 6.04 Å². The van der Waals surface area contributed by atoms with E-state index in [-0.39, 0.29) is 6.04 Å². The van der Waals surface area contributed by atoms with Gasteiger partial charge in [-0.2, -0.15) is 0 Å². The van der Waals surface area contributed by atoms with Crippen LogP contribution in [0.3, 0.4) is 0 Å². The summed E-state index contributed by atoms with van der Waals surface area (Å²) < 4.78 is 0. The van der Waals surface area contributed by atoms with Gasteiger partial charge in [-0.1, -0.05) is 54.6 Å². The Hall–Kier alpha value is -1.87. The van der Waals surface area contributed by atoms with Crippen LogP contribution < -0.4 is 10.6 Å². The molecule has 1 atom stereocenters. The van der Waals surface area contributed by atoms with Crippen LogP contribution in [0, 0.1) is 0 Å². The fourth-order valence-corrected chi connectivity index (χ4v) is 2.59. The molecule has 3 heteroatoms. The second-order valence-electron chi connectivity index (χ2n) is 5.48. The van der Waals surface area contributed by atoms with Gasteiger partial charge in [0.1, 0.15) is 0 Å². The van der Waals surface area contributed by atoms with Crippen molar-refractivity contribution in [3.05, 3.63) is 60.2 Å². The van der Waals surface area contributed by atoms with E-state index in [9.17, 15) is 0 Å². The zero-order valence-corrected chi connectivity index (χ0v) is 13.6. The molecular weight excluding hydrogens is 276 g/mol. The molecule has 2 rings (SSSR count). The number of nitrogens with one attached hydrogen (secondary N) is 2. The number of rotatable bonds is 4. The topological polar surface area (TPSA) is 24.1 Å². The predicted molar refractivity (Wildman–Crippen MR) is 94.3 cm³/mol. The molecule has 0 aliphatic carbocycles. The fourth-order valence-electron chi connectivity index (χ4n) is 2.18. The van der Waals surface area contributed by atoms with Crippen molar-refractivity contribution in [2.75, 3.05) is 0 Å². The Morgan fingerprint density at radius 2 is 1.38 bits per heavy atom. The Morgan fingerprint density at radius 3 is 1.95 bits per heavy atom. The van der Waals surface area contributed by atoms with E-state index in [0.29, 0.717) is 11.2 Å². The molecule has 2 nitrogen and oxygen atoms in total. The highest BCUT2D eigenvalue weighted by Crippen LogP contribution is 2.21. The summed E-state index contributed by atoms with van der Waals surface area (Å²) in [5.41, 5.74) is 3.69. The summed E-state index contributed by atoms with van der Waals surface area (Å²) in [5.74, 6) is 0. The van der Waals surface area contributed by atoms with E-state index in [4.69, 9.17) is 12.2 Å². The van der Waals surface area contributed by atoms with Crippen molar-refractivity contribution in [3.63, 3.8) is 0 Å². The maximum absolute atomic E-state index is 5.29. The van der Waals surface area contributed by atoms with Crippen molar-refractivity contribution in [1.82, 2.24) is 10.6 Å². The molecule has 0 heterocycles. The monoisotopic (exact) mass is 298 g/mol.